The van der Waals surface area contributed by atoms with Crippen molar-refractivity contribution in [2.45, 2.75) is 25.5 Å². The highest BCUT2D eigenvalue weighted by Crippen LogP contribution is 2.30. The van der Waals surface area contributed by atoms with Crippen LogP contribution in [0.3, 0.4) is 0 Å². The van der Waals surface area contributed by atoms with Crippen LogP contribution >= 0.6 is 23.1 Å². The molecule has 0 atom stereocenters. The molecule has 0 aliphatic carbocycles. The molecule has 3 aromatic rings. The first-order valence-corrected chi connectivity index (χ1v) is 9.33. The van der Waals surface area contributed by atoms with Gasteiger partial charge in [-0.1, -0.05) is 35.2 Å². The molecule has 2 aromatic heterocycles. The number of anilines is 1. The Hall–Kier alpha value is -2.46. The standard InChI is InChI=1S/C15H16N6O2S2/c1-3-21-13(10-6-4-5-7-11(10)22)18-20-15(21)24-8-12(23)16-14-19-17-9(2)25-14/h4-7,22H,3,8H2,1-2H3,(H,16,19,23). The first-order chi connectivity index (χ1) is 12.1. The lowest BCUT2D eigenvalue weighted by Crippen LogP contribution is -2.14. The zero-order valence-corrected chi connectivity index (χ0v) is 15.3. The number of carbonyl (C=O) groups is 1. The third-order valence-corrected chi connectivity index (χ3v) is 5.00. The molecule has 0 unspecified atom stereocenters. The second-order valence-corrected chi connectivity index (χ2v) is 7.15. The fourth-order valence-corrected chi connectivity index (χ4v) is 3.59. The van der Waals surface area contributed by atoms with Gasteiger partial charge in [0.1, 0.15) is 10.8 Å². The maximum Gasteiger partial charge on any atom is 0.236 e. The lowest BCUT2D eigenvalue weighted by atomic mass is 10.2. The van der Waals surface area contributed by atoms with Crippen LogP contribution in [-0.4, -0.2) is 41.7 Å². The molecule has 10 heteroatoms. The number of carbonyl (C=O) groups excluding carboxylic acids is 1. The van der Waals surface area contributed by atoms with Gasteiger partial charge in [-0.2, -0.15) is 0 Å². The van der Waals surface area contributed by atoms with E-state index >= 15 is 0 Å². The van der Waals surface area contributed by atoms with Gasteiger partial charge in [-0.15, -0.1) is 20.4 Å². The van der Waals surface area contributed by atoms with Gasteiger partial charge in [0.15, 0.2) is 11.0 Å². The van der Waals surface area contributed by atoms with E-state index in [4.69, 9.17) is 0 Å². The number of phenols is 1. The Morgan fingerprint density at radius 1 is 1.28 bits per heavy atom. The molecule has 0 saturated carbocycles. The Bertz CT molecular complexity index is 892. The fourth-order valence-electron chi connectivity index (χ4n) is 2.18. The van der Waals surface area contributed by atoms with Crippen molar-refractivity contribution in [3.05, 3.63) is 29.3 Å². The number of phenolic OH excluding ortho intramolecular Hbond substituents is 1. The van der Waals surface area contributed by atoms with E-state index in [2.05, 4.69) is 25.7 Å². The lowest BCUT2D eigenvalue weighted by Gasteiger charge is -2.08. The highest BCUT2D eigenvalue weighted by atomic mass is 32.2. The number of nitrogens with zero attached hydrogens (tertiary/aromatic N) is 5. The third-order valence-electron chi connectivity index (χ3n) is 3.28. The summed E-state index contributed by atoms with van der Waals surface area (Å²) in [4.78, 5) is 12.0. The molecule has 0 aliphatic rings. The molecule has 1 aromatic carbocycles. The van der Waals surface area contributed by atoms with E-state index in [0.717, 1.165) is 5.01 Å². The number of aryl methyl sites for hydroxylation is 1. The molecule has 3 rings (SSSR count). The van der Waals surface area contributed by atoms with Crippen LogP contribution in [0.1, 0.15) is 11.9 Å². The summed E-state index contributed by atoms with van der Waals surface area (Å²) in [5.74, 6) is 0.710. The maximum atomic E-state index is 12.0. The van der Waals surface area contributed by atoms with Gasteiger partial charge in [-0.25, -0.2) is 0 Å². The molecule has 0 bridgehead atoms. The van der Waals surface area contributed by atoms with Crippen LogP contribution in [0, 0.1) is 6.92 Å². The highest BCUT2D eigenvalue weighted by Gasteiger charge is 2.17. The summed E-state index contributed by atoms with van der Waals surface area (Å²) < 4.78 is 1.86. The number of para-hydroxylation sites is 1. The molecule has 0 aliphatic heterocycles. The van der Waals surface area contributed by atoms with Crippen molar-refractivity contribution < 1.29 is 9.90 Å². The van der Waals surface area contributed by atoms with Crippen LogP contribution in [-0.2, 0) is 11.3 Å². The topological polar surface area (TPSA) is 106 Å². The Balaban J connectivity index is 1.71. The number of thioether (sulfide) groups is 1. The molecular weight excluding hydrogens is 360 g/mol. The second-order valence-electron chi connectivity index (χ2n) is 5.03. The zero-order chi connectivity index (χ0) is 17.8. The molecule has 0 fully saturated rings. The summed E-state index contributed by atoms with van der Waals surface area (Å²) in [6.45, 7) is 4.41. The van der Waals surface area contributed by atoms with E-state index in [1.54, 1.807) is 18.2 Å². The molecule has 1 amide bonds. The van der Waals surface area contributed by atoms with Gasteiger partial charge in [0.25, 0.3) is 0 Å². The number of nitrogens with one attached hydrogen (secondary N) is 1. The second kappa shape index (κ2) is 7.62. The van der Waals surface area contributed by atoms with Crippen molar-refractivity contribution in [3.63, 3.8) is 0 Å². The SMILES string of the molecule is CCn1c(SCC(=O)Nc2nnc(C)s2)nnc1-c1ccccc1O. The average Bonchev–Trinajstić information content (AvgIpc) is 3.19. The summed E-state index contributed by atoms with van der Waals surface area (Å²) in [5, 5.41) is 30.6. The molecule has 2 N–H and O–H groups in total. The highest BCUT2D eigenvalue weighted by molar-refractivity contribution is 7.99. The third kappa shape index (κ3) is 3.97. The van der Waals surface area contributed by atoms with Crippen LogP contribution in [0.15, 0.2) is 29.4 Å². The first kappa shape index (κ1) is 17.4. The number of hydrogen-bond acceptors (Lipinski definition) is 8. The Labute approximate surface area is 152 Å². The van der Waals surface area contributed by atoms with Gasteiger partial charge in [0.05, 0.1) is 11.3 Å². The van der Waals surface area contributed by atoms with Crippen molar-refractivity contribution in [2.75, 3.05) is 11.1 Å². The summed E-state index contributed by atoms with van der Waals surface area (Å²) in [7, 11) is 0. The molecule has 2 heterocycles. The van der Waals surface area contributed by atoms with Crippen LogP contribution in [0.4, 0.5) is 5.13 Å². The van der Waals surface area contributed by atoms with E-state index in [-0.39, 0.29) is 17.4 Å². The van der Waals surface area contributed by atoms with E-state index in [1.807, 2.05) is 24.5 Å². The predicted molar refractivity (Wildman–Crippen MR) is 96.8 cm³/mol. The van der Waals surface area contributed by atoms with Gasteiger partial charge < -0.3 is 9.67 Å². The summed E-state index contributed by atoms with van der Waals surface area (Å²) in [5.41, 5.74) is 0.609. The van der Waals surface area contributed by atoms with Gasteiger partial charge in [0, 0.05) is 6.54 Å². The number of rotatable bonds is 6. The predicted octanol–water partition coefficient (Wildman–Crippen LogP) is 2.56. The van der Waals surface area contributed by atoms with Crippen LogP contribution < -0.4 is 5.32 Å². The minimum atomic E-state index is -0.184. The smallest absolute Gasteiger partial charge is 0.236 e. The van der Waals surface area contributed by atoms with Gasteiger partial charge in [0.2, 0.25) is 11.0 Å². The number of benzene rings is 1. The zero-order valence-electron chi connectivity index (χ0n) is 13.6. The summed E-state index contributed by atoms with van der Waals surface area (Å²) in [6.07, 6.45) is 0. The van der Waals surface area contributed by atoms with Crippen LogP contribution in [0.2, 0.25) is 0 Å². The van der Waals surface area contributed by atoms with E-state index in [0.29, 0.717) is 28.2 Å². The first-order valence-electron chi connectivity index (χ1n) is 7.52. The van der Waals surface area contributed by atoms with Crippen molar-refractivity contribution in [3.8, 4) is 17.1 Å². The summed E-state index contributed by atoms with van der Waals surface area (Å²) >= 11 is 2.60. The number of aromatic nitrogens is 5. The largest absolute Gasteiger partial charge is 0.507 e. The number of aromatic hydroxyl groups is 1. The van der Waals surface area contributed by atoms with Crippen LogP contribution in [0.25, 0.3) is 11.4 Å². The fraction of sp³-hybridized carbons (Fsp3) is 0.267. The molecule has 130 valence electrons. The van der Waals surface area contributed by atoms with Crippen molar-refractivity contribution >= 4 is 34.1 Å². The molecular formula is C15H16N6O2S2. The lowest BCUT2D eigenvalue weighted by molar-refractivity contribution is -0.113. The minimum absolute atomic E-state index is 0.144. The van der Waals surface area contributed by atoms with Crippen LogP contribution in [0.5, 0.6) is 5.75 Å². The van der Waals surface area contributed by atoms with E-state index in [9.17, 15) is 9.90 Å². The normalized spacial score (nSPS) is 10.8. The van der Waals surface area contributed by atoms with Crippen molar-refractivity contribution in [2.24, 2.45) is 0 Å². The number of hydrogen-bond donors (Lipinski definition) is 2. The van der Waals surface area contributed by atoms with E-state index < -0.39 is 0 Å². The van der Waals surface area contributed by atoms with Gasteiger partial charge >= 0.3 is 0 Å². The Kier molecular flexibility index (Phi) is 5.29. The Morgan fingerprint density at radius 3 is 2.76 bits per heavy atom. The molecule has 25 heavy (non-hydrogen) atoms. The molecule has 0 saturated heterocycles. The molecule has 0 spiro atoms. The average molecular weight is 376 g/mol. The minimum Gasteiger partial charge on any atom is -0.507 e. The number of amides is 1. The van der Waals surface area contributed by atoms with Gasteiger partial charge in [-0.3, -0.25) is 10.1 Å². The summed E-state index contributed by atoms with van der Waals surface area (Å²) in [6, 6.07) is 6.97. The van der Waals surface area contributed by atoms with E-state index in [1.165, 1.54) is 23.1 Å². The monoisotopic (exact) mass is 376 g/mol. The Morgan fingerprint density at radius 2 is 2.08 bits per heavy atom. The van der Waals surface area contributed by atoms with Crippen molar-refractivity contribution in [1.29, 1.82) is 0 Å². The molecule has 0 radical (unpaired) electrons. The maximum absolute atomic E-state index is 12.0. The molecule has 8 nitrogen and oxygen atoms in total. The van der Waals surface area contributed by atoms with Gasteiger partial charge in [-0.05, 0) is 26.0 Å². The quantitative estimate of drug-likeness (QED) is 0.637. The van der Waals surface area contributed by atoms with Crippen molar-refractivity contribution in [1.82, 2.24) is 25.0 Å².